The lowest BCUT2D eigenvalue weighted by Crippen LogP contribution is -2.34. The highest BCUT2D eigenvalue weighted by atomic mass is 32.1. The van der Waals surface area contributed by atoms with Gasteiger partial charge in [-0.2, -0.15) is 5.10 Å². The Hall–Kier alpha value is -3.07. The highest BCUT2D eigenvalue weighted by Crippen LogP contribution is 2.14. The first kappa shape index (κ1) is 16.3. The summed E-state index contributed by atoms with van der Waals surface area (Å²) in [6.07, 6.45) is 1.18. The van der Waals surface area contributed by atoms with Crippen molar-refractivity contribution in [3.63, 3.8) is 0 Å². The van der Waals surface area contributed by atoms with E-state index < -0.39 is 10.8 Å². The Bertz CT molecular complexity index is 743. The van der Waals surface area contributed by atoms with Crippen LogP contribution in [0.15, 0.2) is 46.9 Å². The molecule has 118 valence electrons. The van der Waals surface area contributed by atoms with Crippen molar-refractivity contribution in [2.75, 3.05) is 6.54 Å². The van der Waals surface area contributed by atoms with Crippen LogP contribution in [-0.4, -0.2) is 29.5 Å². The lowest BCUT2D eigenvalue weighted by molar-refractivity contribution is -0.385. The van der Waals surface area contributed by atoms with E-state index in [2.05, 4.69) is 15.8 Å². The van der Waals surface area contributed by atoms with Crippen molar-refractivity contribution in [2.24, 2.45) is 5.10 Å². The Kier molecular flexibility index (Phi) is 5.53. The molecule has 0 saturated heterocycles. The van der Waals surface area contributed by atoms with Crippen LogP contribution in [0.2, 0.25) is 0 Å². The molecule has 0 atom stereocenters. The van der Waals surface area contributed by atoms with Gasteiger partial charge >= 0.3 is 0 Å². The van der Waals surface area contributed by atoms with Gasteiger partial charge in [-0.25, -0.2) is 5.43 Å². The molecule has 0 saturated carbocycles. The van der Waals surface area contributed by atoms with E-state index >= 15 is 0 Å². The Morgan fingerprint density at radius 2 is 2.04 bits per heavy atom. The van der Waals surface area contributed by atoms with Gasteiger partial charge in [0.25, 0.3) is 17.5 Å². The van der Waals surface area contributed by atoms with E-state index in [1.807, 2.05) is 0 Å². The first-order valence-electron chi connectivity index (χ1n) is 6.45. The molecule has 23 heavy (non-hydrogen) atoms. The van der Waals surface area contributed by atoms with Crippen LogP contribution in [0.4, 0.5) is 5.69 Å². The largest absolute Gasteiger partial charge is 0.342 e. The molecule has 1 heterocycles. The van der Waals surface area contributed by atoms with Crippen molar-refractivity contribution in [1.29, 1.82) is 0 Å². The van der Waals surface area contributed by atoms with Crippen molar-refractivity contribution < 1.29 is 14.5 Å². The molecular weight excluding hydrogens is 320 g/mol. The molecule has 0 aliphatic heterocycles. The maximum Gasteiger partial charge on any atom is 0.278 e. The number of nitro benzene ring substituents is 1. The molecule has 0 unspecified atom stereocenters. The molecule has 0 fully saturated rings. The first-order valence-corrected chi connectivity index (χ1v) is 7.33. The number of hydrogen-bond donors (Lipinski definition) is 2. The predicted octanol–water partition coefficient (Wildman–Crippen LogP) is 1.54. The lowest BCUT2D eigenvalue weighted by Gasteiger charge is -2.02. The second-order valence-corrected chi connectivity index (χ2v) is 5.22. The summed E-state index contributed by atoms with van der Waals surface area (Å²) < 4.78 is 0. The zero-order valence-corrected chi connectivity index (χ0v) is 12.6. The summed E-state index contributed by atoms with van der Waals surface area (Å²) >= 11 is 1.26. The number of hydrazone groups is 1. The van der Waals surface area contributed by atoms with Gasteiger partial charge in [-0.3, -0.25) is 19.7 Å². The van der Waals surface area contributed by atoms with Crippen LogP contribution < -0.4 is 10.7 Å². The third-order valence-electron chi connectivity index (χ3n) is 2.68. The fourth-order valence-corrected chi connectivity index (χ4v) is 2.27. The molecule has 0 aliphatic rings. The standard InChI is InChI=1S/C14H12N4O4S/c19-13(9-15-14(20)12-6-3-7-23-12)17-16-8-10-4-1-2-5-11(10)18(21)22/h1-8H,9H2,(H,15,20)(H,17,19)/b16-8-. The summed E-state index contributed by atoms with van der Waals surface area (Å²) in [5.41, 5.74) is 2.34. The topological polar surface area (TPSA) is 114 Å². The molecule has 0 bridgehead atoms. The normalized spacial score (nSPS) is 10.4. The maximum absolute atomic E-state index is 11.6. The minimum absolute atomic E-state index is 0.114. The smallest absolute Gasteiger partial charge is 0.278 e. The van der Waals surface area contributed by atoms with Gasteiger partial charge in [-0.15, -0.1) is 11.3 Å². The van der Waals surface area contributed by atoms with Gasteiger partial charge in [-0.05, 0) is 17.5 Å². The molecule has 0 aliphatic carbocycles. The predicted molar refractivity (Wildman–Crippen MR) is 85.5 cm³/mol. The minimum atomic E-state index is -0.537. The molecule has 2 N–H and O–H groups in total. The second-order valence-electron chi connectivity index (χ2n) is 4.27. The fraction of sp³-hybridized carbons (Fsp3) is 0.0714. The van der Waals surface area contributed by atoms with Crippen LogP contribution in [0, 0.1) is 10.1 Å². The highest BCUT2D eigenvalue weighted by Gasteiger charge is 2.10. The van der Waals surface area contributed by atoms with Crippen LogP contribution in [-0.2, 0) is 4.79 Å². The Labute approximate surface area is 135 Å². The molecule has 0 spiro atoms. The van der Waals surface area contributed by atoms with Crippen molar-refractivity contribution in [1.82, 2.24) is 10.7 Å². The third kappa shape index (κ3) is 4.71. The van der Waals surface area contributed by atoms with Crippen LogP contribution in [0.25, 0.3) is 0 Å². The molecule has 1 aromatic heterocycles. The number of para-hydroxylation sites is 1. The summed E-state index contributed by atoms with van der Waals surface area (Å²) in [6, 6.07) is 9.38. The van der Waals surface area contributed by atoms with E-state index in [-0.39, 0.29) is 23.7 Å². The lowest BCUT2D eigenvalue weighted by atomic mass is 10.2. The molecule has 0 radical (unpaired) electrons. The Morgan fingerprint density at radius 3 is 2.74 bits per heavy atom. The maximum atomic E-state index is 11.6. The molecule has 8 nitrogen and oxygen atoms in total. The van der Waals surface area contributed by atoms with E-state index in [0.717, 1.165) is 0 Å². The molecule has 2 rings (SSSR count). The number of hydrogen-bond acceptors (Lipinski definition) is 6. The van der Waals surface area contributed by atoms with Gasteiger partial charge in [0, 0.05) is 6.07 Å². The SMILES string of the molecule is O=C(CNC(=O)c1cccs1)N/N=C\c1ccccc1[N+](=O)[O-]. The average Bonchev–Trinajstić information content (AvgIpc) is 3.07. The van der Waals surface area contributed by atoms with Crippen molar-refractivity contribution >= 4 is 35.1 Å². The van der Waals surface area contributed by atoms with Gasteiger partial charge in [0.1, 0.15) is 0 Å². The summed E-state index contributed by atoms with van der Waals surface area (Å²) in [5, 5.41) is 18.7. The number of nitrogens with one attached hydrogen (secondary N) is 2. The minimum Gasteiger partial charge on any atom is -0.342 e. The van der Waals surface area contributed by atoms with Crippen LogP contribution in [0.5, 0.6) is 0 Å². The number of nitro groups is 1. The Balaban J connectivity index is 1.85. The molecule has 1 aromatic carbocycles. The number of carbonyl (C=O) groups excluding carboxylic acids is 2. The fourth-order valence-electron chi connectivity index (χ4n) is 1.63. The zero-order valence-electron chi connectivity index (χ0n) is 11.8. The quantitative estimate of drug-likeness (QED) is 0.474. The van der Waals surface area contributed by atoms with E-state index in [1.54, 1.807) is 23.6 Å². The van der Waals surface area contributed by atoms with Crippen molar-refractivity contribution in [2.45, 2.75) is 0 Å². The summed E-state index contributed by atoms with van der Waals surface area (Å²) in [5.74, 6) is -0.887. The van der Waals surface area contributed by atoms with Gasteiger partial charge in [0.15, 0.2) is 0 Å². The average molecular weight is 332 g/mol. The number of amides is 2. The van der Waals surface area contributed by atoms with E-state index in [9.17, 15) is 19.7 Å². The summed E-state index contributed by atoms with van der Waals surface area (Å²) in [4.78, 5) is 34.0. The first-order chi connectivity index (χ1) is 11.1. The third-order valence-corrected chi connectivity index (χ3v) is 3.55. The van der Waals surface area contributed by atoms with E-state index in [0.29, 0.717) is 4.88 Å². The van der Waals surface area contributed by atoms with Crippen LogP contribution in [0.1, 0.15) is 15.2 Å². The van der Waals surface area contributed by atoms with E-state index in [4.69, 9.17) is 0 Å². The van der Waals surface area contributed by atoms with Crippen LogP contribution >= 0.6 is 11.3 Å². The summed E-state index contributed by atoms with van der Waals surface area (Å²) in [6.45, 7) is -0.245. The highest BCUT2D eigenvalue weighted by molar-refractivity contribution is 7.12. The summed E-state index contributed by atoms with van der Waals surface area (Å²) in [7, 11) is 0. The van der Waals surface area contributed by atoms with Gasteiger partial charge in [0.2, 0.25) is 0 Å². The number of rotatable bonds is 6. The van der Waals surface area contributed by atoms with Crippen molar-refractivity contribution in [3.8, 4) is 0 Å². The number of carbonyl (C=O) groups is 2. The molecule has 2 amide bonds. The van der Waals surface area contributed by atoms with Gasteiger partial charge < -0.3 is 5.32 Å². The molecule has 2 aromatic rings. The number of benzene rings is 1. The van der Waals surface area contributed by atoms with Crippen molar-refractivity contribution in [3.05, 3.63) is 62.3 Å². The molecular formula is C14H12N4O4S. The monoisotopic (exact) mass is 332 g/mol. The Morgan fingerprint density at radius 1 is 1.26 bits per heavy atom. The van der Waals surface area contributed by atoms with Gasteiger partial charge in [-0.1, -0.05) is 18.2 Å². The zero-order chi connectivity index (χ0) is 16.7. The molecule has 9 heteroatoms. The van der Waals surface area contributed by atoms with Gasteiger partial charge in [0.05, 0.1) is 28.1 Å². The van der Waals surface area contributed by atoms with Crippen LogP contribution in [0.3, 0.4) is 0 Å². The number of thiophene rings is 1. The van der Waals surface area contributed by atoms with E-state index in [1.165, 1.54) is 35.8 Å². The number of nitrogens with zero attached hydrogens (tertiary/aromatic N) is 2. The second kappa shape index (κ2) is 7.80.